The van der Waals surface area contributed by atoms with Gasteiger partial charge in [0.15, 0.2) is 0 Å². The highest BCUT2D eigenvalue weighted by Crippen LogP contribution is 2.46. The van der Waals surface area contributed by atoms with Gasteiger partial charge in [-0.05, 0) is 37.2 Å². The van der Waals surface area contributed by atoms with Crippen LogP contribution in [0.4, 0.5) is 19.1 Å². The fraction of sp³-hybridized carbons (Fsp3) is 0.429. The maximum absolute atomic E-state index is 15.0. The van der Waals surface area contributed by atoms with Gasteiger partial charge >= 0.3 is 0 Å². The number of nitrogens with zero attached hydrogens (tertiary/aromatic N) is 7. The zero-order chi connectivity index (χ0) is 23.5. The summed E-state index contributed by atoms with van der Waals surface area (Å²) in [7, 11) is 3.09. The third-order valence-electron chi connectivity index (χ3n) is 5.93. The number of methoxy groups -OCH3 is 1. The van der Waals surface area contributed by atoms with Crippen LogP contribution in [0, 0.1) is 0 Å². The lowest BCUT2D eigenvalue weighted by atomic mass is 9.90. The van der Waals surface area contributed by atoms with E-state index in [0.29, 0.717) is 33.2 Å². The van der Waals surface area contributed by atoms with Crippen molar-refractivity contribution in [3.05, 3.63) is 30.0 Å². The number of nitrogens with two attached hydrogens (primary N) is 1. The summed E-state index contributed by atoms with van der Waals surface area (Å²) in [6, 6.07) is 5.27. The Labute approximate surface area is 186 Å². The molecule has 4 heterocycles. The average molecular weight is 460 g/mol. The van der Waals surface area contributed by atoms with Crippen LogP contribution in [0.5, 0.6) is 5.88 Å². The van der Waals surface area contributed by atoms with E-state index in [4.69, 9.17) is 10.5 Å². The lowest BCUT2D eigenvalue weighted by molar-refractivity contribution is -0.00105. The third kappa shape index (κ3) is 3.54. The van der Waals surface area contributed by atoms with E-state index in [9.17, 15) is 4.39 Å². The normalized spacial score (nSPS) is 19.5. The Morgan fingerprint density at radius 3 is 2.79 bits per heavy atom. The molecule has 33 heavy (non-hydrogen) atoms. The summed E-state index contributed by atoms with van der Waals surface area (Å²) in [5, 5.41) is 12.3. The second-order valence-electron chi connectivity index (χ2n) is 8.50. The van der Waals surface area contributed by atoms with Gasteiger partial charge in [-0.3, -0.25) is 4.90 Å². The molecule has 0 radical (unpaired) electrons. The standard InChI is InChI=1S/C21H23F3N8O/c1-11(22)7-31-16-6-12(4-5-15(16)27-29-31)17-13(14-9-30(2)10-21(14,23)24)8-32-18(17)19(33-3)26-20(25)28-32/h4-6,8,11,14H,7,9-10H2,1-3H3,(H2,25,28)/t11-,14-/m0/s1. The molecule has 0 amide bonds. The number of nitrogen functional groups attached to an aromatic ring is 1. The van der Waals surface area contributed by atoms with Gasteiger partial charge in [0.05, 0.1) is 31.6 Å². The number of likely N-dealkylation sites (tertiary alicyclic amines) is 1. The number of benzene rings is 1. The van der Waals surface area contributed by atoms with E-state index >= 15 is 8.78 Å². The van der Waals surface area contributed by atoms with E-state index in [0.717, 1.165) is 0 Å². The smallest absolute Gasteiger partial charge is 0.268 e. The topological polar surface area (TPSA) is 99.4 Å². The second-order valence-corrected chi connectivity index (χ2v) is 8.50. The molecule has 1 aliphatic heterocycles. The van der Waals surface area contributed by atoms with Crippen LogP contribution in [0.2, 0.25) is 0 Å². The molecule has 9 nitrogen and oxygen atoms in total. The lowest BCUT2D eigenvalue weighted by Crippen LogP contribution is -2.25. The number of fused-ring (bicyclic) bond motifs is 2. The molecule has 2 atom stereocenters. The van der Waals surface area contributed by atoms with Gasteiger partial charge < -0.3 is 10.5 Å². The van der Waals surface area contributed by atoms with Gasteiger partial charge in [-0.2, -0.15) is 4.98 Å². The molecule has 5 rings (SSSR count). The molecule has 1 fully saturated rings. The molecule has 0 unspecified atom stereocenters. The molecule has 2 N–H and O–H groups in total. The quantitative estimate of drug-likeness (QED) is 0.489. The molecule has 174 valence electrons. The van der Waals surface area contributed by atoms with Gasteiger partial charge in [0.2, 0.25) is 11.8 Å². The number of ether oxygens (including phenoxy) is 1. The zero-order valence-corrected chi connectivity index (χ0v) is 18.3. The summed E-state index contributed by atoms with van der Waals surface area (Å²) in [6.07, 6.45) is 0.431. The Morgan fingerprint density at radius 2 is 2.12 bits per heavy atom. The first-order valence-electron chi connectivity index (χ1n) is 10.4. The van der Waals surface area contributed by atoms with Gasteiger partial charge in [-0.25, -0.2) is 22.4 Å². The SMILES string of the molecule is COc1nc(N)nn2cc([C@@H]3CN(C)CC3(F)F)c(-c3ccc4nnn(C[C@H](C)F)c4c3)c12. The Hall–Kier alpha value is -3.41. The molecular formula is C21H23F3N8O. The van der Waals surface area contributed by atoms with Crippen molar-refractivity contribution in [1.82, 2.24) is 34.5 Å². The van der Waals surface area contributed by atoms with Crippen molar-refractivity contribution in [3.8, 4) is 17.0 Å². The molecule has 0 bridgehead atoms. The second kappa shape index (κ2) is 7.58. The van der Waals surface area contributed by atoms with Gasteiger partial charge in [0.1, 0.15) is 17.2 Å². The number of alkyl halides is 3. The van der Waals surface area contributed by atoms with Crippen LogP contribution in [0.15, 0.2) is 24.4 Å². The van der Waals surface area contributed by atoms with Crippen LogP contribution in [0.1, 0.15) is 18.4 Å². The lowest BCUT2D eigenvalue weighted by Gasteiger charge is -2.18. The van der Waals surface area contributed by atoms with Gasteiger partial charge in [0, 0.05) is 18.3 Å². The van der Waals surface area contributed by atoms with Crippen LogP contribution < -0.4 is 10.5 Å². The predicted molar refractivity (Wildman–Crippen MR) is 116 cm³/mol. The fourth-order valence-corrected chi connectivity index (χ4v) is 4.59. The summed E-state index contributed by atoms with van der Waals surface area (Å²) in [5.74, 6) is -3.90. The molecule has 1 saturated heterocycles. The van der Waals surface area contributed by atoms with Crippen molar-refractivity contribution < 1.29 is 17.9 Å². The minimum absolute atomic E-state index is 0.0256. The molecule has 12 heteroatoms. The summed E-state index contributed by atoms with van der Waals surface area (Å²) in [4.78, 5) is 5.75. The summed E-state index contributed by atoms with van der Waals surface area (Å²) in [6.45, 7) is 1.28. The molecular weight excluding hydrogens is 437 g/mol. The van der Waals surface area contributed by atoms with Crippen molar-refractivity contribution >= 4 is 22.5 Å². The van der Waals surface area contributed by atoms with Crippen molar-refractivity contribution in [2.24, 2.45) is 0 Å². The van der Waals surface area contributed by atoms with Crippen molar-refractivity contribution in [2.75, 3.05) is 33.0 Å². The third-order valence-corrected chi connectivity index (χ3v) is 5.93. The van der Waals surface area contributed by atoms with Gasteiger partial charge in [-0.1, -0.05) is 11.3 Å². The van der Waals surface area contributed by atoms with E-state index in [1.165, 1.54) is 23.2 Å². The minimum Gasteiger partial charge on any atom is -0.479 e. The van der Waals surface area contributed by atoms with Gasteiger partial charge in [-0.15, -0.1) is 10.2 Å². The van der Waals surface area contributed by atoms with E-state index in [2.05, 4.69) is 20.4 Å². The highest BCUT2D eigenvalue weighted by atomic mass is 19.3. The zero-order valence-electron chi connectivity index (χ0n) is 18.3. The summed E-state index contributed by atoms with van der Waals surface area (Å²) < 4.78 is 52.1. The van der Waals surface area contributed by atoms with Crippen LogP contribution in [-0.4, -0.2) is 73.8 Å². The maximum Gasteiger partial charge on any atom is 0.268 e. The molecule has 0 spiro atoms. The largest absolute Gasteiger partial charge is 0.479 e. The predicted octanol–water partition coefficient (Wildman–Crippen LogP) is 2.75. The van der Waals surface area contributed by atoms with Crippen molar-refractivity contribution in [2.45, 2.75) is 31.5 Å². The Bertz CT molecular complexity index is 1350. The molecule has 4 aromatic rings. The van der Waals surface area contributed by atoms with E-state index in [1.54, 1.807) is 36.3 Å². The Morgan fingerprint density at radius 1 is 1.33 bits per heavy atom. The average Bonchev–Trinajstić information content (AvgIpc) is 3.39. The highest BCUT2D eigenvalue weighted by Gasteiger charge is 2.49. The Kier molecular flexibility index (Phi) is 4.92. The van der Waals surface area contributed by atoms with E-state index in [1.807, 2.05) is 0 Å². The molecule has 0 aliphatic carbocycles. The first-order valence-corrected chi connectivity index (χ1v) is 10.4. The number of hydrogen-bond acceptors (Lipinski definition) is 7. The highest BCUT2D eigenvalue weighted by molar-refractivity contribution is 5.91. The van der Waals surface area contributed by atoms with Crippen LogP contribution in [-0.2, 0) is 6.54 Å². The summed E-state index contributed by atoms with van der Waals surface area (Å²) >= 11 is 0. The van der Waals surface area contributed by atoms with Crippen LogP contribution in [0.3, 0.4) is 0 Å². The fourth-order valence-electron chi connectivity index (χ4n) is 4.59. The first kappa shape index (κ1) is 21.4. The van der Waals surface area contributed by atoms with Gasteiger partial charge in [0.25, 0.3) is 5.92 Å². The number of likely N-dealkylation sites (N-methyl/N-ethyl adjacent to an activating group) is 1. The first-order chi connectivity index (χ1) is 15.7. The molecule has 3 aromatic heterocycles. The van der Waals surface area contributed by atoms with Crippen LogP contribution in [0.25, 0.3) is 27.7 Å². The van der Waals surface area contributed by atoms with E-state index < -0.39 is 18.0 Å². The number of aromatic nitrogens is 6. The number of hydrogen-bond donors (Lipinski definition) is 1. The minimum atomic E-state index is -2.95. The number of halogens is 3. The van der Waals surface area contributed by atoms with E-state index in [-0.39, 0.29) is 31.5 Å². The number of rotatable bonds is 5. The number of anilines is 1. The maximum atomic E-state index is 15.0. The molecule has 1 aliphatic rings. The Balaban J connectivity index is 1.79. The summed E-state index contributed by atoms with van der Waals surface area (Å²) in [5.41, 5.74) is 8.93. The van der Waals surface area contributed by atoms with Crippen LogP contribution >= 0.6 is 0 Å². The van der Waals surface area contributed by atoms with Crippen molar-refractivity contribution in [1.29, 1.82) is 0 Å². The van der Waals surface area contributed by atoms with Crippen molar-refractivity contribution in [3.63, 3.8) is 0 Å². The monoisotopic (exact) mass is 460 g/mol. The molecule has 1 aromatic carbocycles. The molecule has 0 saturated carbocycles.